The third kappa shape index (κ3) is 5.97. The first-order chi connectivity index (χ1) is 8.56. The van der Waals surface area contributed by atoms with Crippen LogP contribution in [0.3, 0.4) is 0 Å². The van der Waals surface area contributed by atoms with Crippen molar-refractivity contribution in [1.29, 1.82) is 0 Å². The van der Waals surface area contributed by atoms with Gasteiger partial charge in [0, 0.05) is 6.21 Å². The van der Waals surface area contributed by atoms with Crippen LogP contribution in [0.5, 0.6) is 0 Å². The maximum absolute atomic E-state index is 11.5. The Kier molecular flexibility index (Phi) is 8.17. The summed E-state index contributed by atoms with van der Waals surface area (Å²) in [5.74, 6) is -3.35. The molecule has 7 heteroatoms. The summed E-state index contributed by atoms with van der Waals surface area (Å²) < 4.78 is 13.8. The van der Waals surface area contributed by atoms with Crippen LogP contribution in [-0.4, -0.2) is 51.0 Å². The van der Waals surface area contributed by atoms with Gasteiger partial charge in [-0.3, -0.25) is 19.4 Å². The van der Waals surface area contributed by atoms with Gasteiger partial charge in [0.05, 0.1) is 20.3 Å². The molecule has 0 rings (SSSR count). The number of aliphatic imine (C=N–C) groups is 1. The summed E-state index contributed by atoms with van der Waals surface area (Å²) in [6, 6.07) is 0. The summed E-state index contributed by atoms with van der Waals surface area (Å²) in [5.41, 5.74) is 0. The van der Waals surface area contributed by atoms with Crippen LogP contribution in [0.25, 0.3) is 0 Å². The molecular weight excluding hydrogens is 242 g/mol. The summed E-state index contributed by atoms with van der Waals surface area (Å²) in [7, 11) is 1.21. The number of carbonyl (C=O) groups excluding carboxylic acids is 3. The number of carbonyl (C=O) groups is 3. The van der Waals surface area contributed by atoms with Crippen molar-refractivity contribution >= 4 is 24.1 Å². The predicted molar refractivity (Wildman–Crippen MR) is 62.1 cm³/mol. The topological polar surface area (TPSA) is 91.3 Å². The quantitative estimate of drug-likeness (QED) is 0.276. The van der Waals surface area contributed by atoms with Crippen LogP contribution < -0.4 is 0 Å². The van der Waals surface area contributed by atoms with E-state index in [1.165, 1.54) is 7.11 Å². The third-order valence-corrected chi connectivity index (χ3v) is 1.78. The summed E-state index contributed by atoms with van der Waals surface area (Å²) in [4.78, 5) is 37.4. The smallest absolute Gasteiger partial charge is 0.327 e. The lowest BCUT2D eigenvalue weighted by molar-refractivity contribution is -0.157. The van der Waals surface area contributed by atoms with Crippen LogP contribution in [0.2, 0.25) is 0 Å². The molecule has 0 unspecified atom stereocenters. The predicted octanol–water partition coefficient (Wildman–Crippen LogP) is -0.0274. The Morgan fingerprint density at radius 1 is 1.11 bits per heavy atom. The lowest BCUT2D eigenvalue weighted by Crippen LogP contribution is -2.29. The van der Waals surface area contributed by atoms with E-state index in [9.17, 15) is 14.4 Å². The molecule has 7 nitrogen and oxygen atoms in total. The minimum atomic E-state index is -1.26. The molecule has 0 bridgehead atoms. The van der Waals surface area contributed by atoms with E-state index in [2.05, 4.69) is 9.73 Å². The fraction of sp³-hybridized carbons (Fsp3) is 0.636. The van der Waals surface area contributed by atoms with E-state index in [0.717, 1.165) is 6.21 Å². The number of ether oxygens (including phenoxy) is 3. The number of hydrogen-bond acceptors (Lipinski definition) is 7. The number of rotatable bonds is 7. The minimum absolute atomic E-state index is 0.138. The second-order valence-corrected chi connectivity index (χ2v) is 3.05. The van der Waals surface area contributed by atoms with Gasteiger partial charge >= 0.3 is 17.9 Å². The Bertz CT molecular complexity index is 307. The van der Waals surface area contributed by atoms with Crippen molar-refractivity contribution in [2.75, 3.05) is 26.9 Å². The Morgan fingerprint density at radius 2 is 1.61 bits per heavy atom. The maximum Gasteiger partial charge on any atom is 0.327 e. The van der Waals surface area contributed by atoms with Gasteiger partial charge in [-0.15, -0.1) is 0 Å². The van der Waals surface area contributed by atoms with E-state index in [1.54, 1.807) is 13.8 Å². The highest BCUT2D eigenvalue weighted by atomic mass is 16.6. The van der Waals surface area contributed by atoms with Crippen molar-refractivity contribution in [1.82, 2.24) is 0 Å². The molecule has 0 fully saturated rings. The monoisotopic (exact) mass is 259 g/mol. The first kappa shape index (κ1) is 16.1. The van der Waals surface area contributed by atoms with Crippen molar-refractivity contribution < 1.29 is 28.6 Å². The van der Waals surface area contributed by atoms with E-state index in [4.69, 9.17) is 9.47 Å². The highest BCUT2D eigenvalue weighted by Crippen LogP contribution is 2.01. The Labute approximate surface area is 105 Å². The van der Waals surface area contributed by atoms with Crippen molar-refractivity contribution in [2.45, 2.75) is 13.8 Å². The van der Waals surface area contributed by atoms with Gasteiger partial charge in [0.15, 0.2) is 5.92 Å². The van der Waals surface area contributed by atoms with Crippen molar-refractivity contribution in [3.05, 3.63) is 0 Å². The molecule has 0 aromatic rings. The molecule has 0 aliphatic carbocycles. The molecule has 0 aromatic heterocycles. The number of methoxy groups -OCH3 is 1. The number of hydrogen-bond donors (Lipinski definition) is 0. The maximum atomic E-state index is 11.5. The molecule has 0 aromatic carbocycles. The Hall–Kier alpha value is -1.92. The largest absolute Gasteiger partial charge is 0.468 e. The molecule has 0 amide bonds. The molecule has 0 atom stereocenters. The van der Waals surface area contributed by atoms with Crippen LogP contribution in [0.15, 0.2) is 4.99 Å². The van der Waals surface area contributed by atoms with E-state index < -0.39 is 23.8 Å². The number of nitrogens with zero attached hydrogens (tertiary/aromatic N) is 1. The highest BCUT2D eigenvalue weighted by Gasteiger charge is 2.27. The van der Waals surface area contributed by atoms with Gasteiger partial charge in [-0.1, -0.05) is 0 Å². The van der Waals surface area contributed by atoms with Crippen molar-refractivity contribution in [3.8, 4) is 0 Å². The third-order valence-electron chi connectivity index (χ3n) is 1.78. The summed E-state index contributed by atoms with van der Waals surface area (Å²) >= 11 is 0. The zero-order valence-electron chi connectivity index (χ0n) is 10.7. The highest BCUT2D eigenvalue weighted by molar-refractivity contribution is 6.09. The molecule has 0 spiro atoms. The average Bonchev–Trinajstić information content (AvgIpc) is 2.34. The van der Waals surface area contributed by atoms with Gasteiger partial charge in [-0.25, -0.2) is 0 Å². The summed E-state index contributed by atoms with van der Waals surface area (Å²) in [5, 5.41) is 0. The van der Waals surface area contributed by atoms with Gasteiger partial charge in [0.25, 0.3) is 0 Å². The van der Waals surface area contributed by atoms with Crippen LogP contribution >= 0.6 is 0 Å². The first-order valence-electron chi connectivity index (χ1n) is 5.46. The molecule has 18 heavy (non-hydrogen) atoms. The summed E-state index contributed by atoms with van der Waals surface area (Å²) in [6.07, 6.45) is 1.03. The SMILES string of the molecule is CCOC(=O)C(C=NCC(=O)OC)C(=O)OCC. The molecule has 0 saturated heterocycles. The van der Waals surface area contributed by atoms with Crippen LogP contribution in [0.4, 0.5) is 0 Å². The van der Waals surface area contributed by atoms with Crippen molar-refractivity contribution in [2.24, 2.45) is 10.9 Å². The fourth-order valence-electron chi connectivity index (χ4n) is 0.979. The van der Waals surface area contributed by atoms with Gasteiger partial charge in [0.2, 0.25) is 0 Å². The molecular formula is C11H17NO6. The molecule has 102 valence electrons. The first-order valence-corrected chi connectivity index (χ1v) is 5.46. The lowest BCUT2D eigenvalue weighted by Gasteiger charge is -2.09. The number of esters is 3. The van der Waals surface area contributed by atoms with Gasteiger partial charge in [-0.2, -0.15) is 0 Å². The van der Waals surface area contributed by atoms with Gasteiger partial charge in [0.1, 0.15) is 6.54 Å². The normalized spacial score (nSPS) is 10.4. The molecule has 0 heterocycles. The van der Waals surface area contributed by atoms with Crippen LogP contribution in [0, 0.1) is 5.92 Å². The minimum Gasteiger partial charge on any atom is -0.468 e. The van der Waals surface area contributed by atoms with Crippen LogP contribution in [0.1, 0.15) is 13.8 Å². The second-order valence-electron chi connectivity index (χ2n) is 3.05. The van der Waals surface area contributed by atoms with E-state index >= 15 is 0 Å². The molecule has 0 aliphatic heterocycles. The van der Waals surface area contributed by atoms with E-state index in [1.807, 2.05) is 0 Å². The average molecular weight is 259 g/mol. The molecule has 0 aliphatic rings. The zero-order chi connectivity index (χ0) is 14.0. The molecule has 0 radical (unpaired) electrons. The fourth-order valence-corrected chi connectivity index (χ4v) is 0.979. The second kappa shape index (κ2) is 9.15. The zero-order valence-corrected chi connectivity index (χ0v) is 10.7. The standard InChI is InChI=1S/C11H17NO6/c1-4-17-10(14)8(11(15)18-5-2)6-12-7-9(13)16-3/h6,8H,4-5,7H2,1-3H3. The Morgan fingerprint density at radius 3 is 2.00 bits per heavy atom. The van der Waals surface area contributed by atoms with E-state index in [-0.39, 0.29) is 19.8 Å². The molecule has 0 saturated carbocycles. The van der Waals surface area contributed by atoms with Gasteiger partial charge in [-0.05, 0) is 13.8 Å². The Balaban J connectivity index is 4.60. The lowest BCUT2D eigenvalue weighted by atomic mass is 10.2. The molecule has 0 N–H and O–H groups in total. The summed E-state index contributed by atoms with van der Waals surface area (Å²) in [6.45, 7) is 3.24. The van der Waals surface area contributed by atoms with E-state index in [0.29, 0.717) is 0 Å². The van der Waals surface area contributed by atoms with Gasteiger partial charge < -0.3 is 14.2 Å². The van der Waals surface area contributed by atoms with Crippen molar-refractivity contribution in [3.63, 3.8) is 0 Å². The van der Waals surface area contributed by atoms with Crippen LogP contribution in [-0.2, 0) is 28.6 Å².